The zero-order chi connectivity index (χ0) is 28.6. The fraction of sp³-hybridized carbons (Fsp3) is 0.344. The smallest absolute Gasteiger partial charge is 0.246 e. The maximum absolute atomic E-state index is 14.0. The Labute approximate surface area is 231 Å². The molecule has 0 saturated heterocycles. The first-order chi connectivity index (χ1) is 18.5. The van der Waals surface area contributed by atoms with Crippen molar-refractivity contribution in [3.05, 3.63) is 96.1 Å². The van der Waals surface area contributed by atoms with Crippen LogP contribution >= 0.6 is 0 Å². The van der Waals surface area contributed by atoms with E-state index in [2.05, 4.69) is 5.32 Å². The van der Waals surface area contributed by atoms with E-state index < -0.39 is 17.6 Å². The van der Waals surface area contributed by atoms with Crippen LogP contribution < -0.4 is 11.1 Å². The molecule has 0 aliphatic heterocycles. The lowest BCUT2D eigenvalue weighted by Gasteiger charge is -2.34. The predicted molar refractivity (Wildman–Crippen MR) is 157 cm³/mol. The van der Waals surface area contributed by atoms with Crippen LogP contribution in [0.2, 0.25) is 0 Å². The standard InChI is InChI=1S/C32H40N4O3/c1-32(2,33)19-11-16-29(37)35(4)28(21-23-12-7-6-8-13-23)31(39)36(5)27(30(38)34-3)22-24-17-18-25-14-9-10-15-26(25)20-24/h6-18,20,27-28H,19,21-22,33H2,1-5H3,(H,34,38)/t27-,28-/m1/s1. The van der Waals surface area contributed by atoms with Crippen LogP contribution in [-0.2, 0) is 27.2 Å². The van der Waals surface area contributed by atoms with Crippen LogP contribution in [0.1, 0.15) is 31.4 Å². The highest BCUT2D eigenvalue weighted by molar-refractivity contribution is 5.95. The number of nitrogens with one attached hydrogen (secondary N) is 1. The van der Waals surface area contributed by atoms with Crippen LogP contribution in [-0.4, -0.2) is 66.3 Å². The summed E-state index contributed by atoms with van der Waals surface area (Å²) in [5.41, 5.74) is 7.46. The summed E-state index contributed by atoms with van der Waals surface area (Å²) in [6.07, 6.45) is 4.38. The molecule has 3 rings (SSSR count). The molecule has 206 valence electrons. The summed E-state index contributed by atoms with van der Waals surface area (Å²) in [5, 5.41) is 4.88. The summed E-state index contributed by atoms with van der Waals surface area (Å²) < 4.78 is 0. The fourth-order valence-corrected chi connectivity index (χ4v) is 4.51. The van der Waals surface area contributed by atoms with Crippen molar-refractivity contribution in [1.29, 1.82) is 0 Å². The number of fused-ring (bicyclic) bond motifs is 1. The normalized spacial score (nSPS) is 13.2. The molecule has 0 saturated carbocycles. The van der Waals surface area contributed by atoms with E-state index in [0.29, 0.717) is 19.3 Å². The van der Waals surface area contributed by atoms with Gasteiger partial charge in [-0.15, -0.1) is 0 Å². The van der Waals surface area contributed by atoms with E-state index in [0.717, 1.165) is 21.9 Å². The second kappa shape index (κ2) is 13.2. The van der Waals surface area contributed by atoms with Crippen LogP contribution in [0, 0.1) is 0 Å². The number of nitrogens with zero attached hydrogens (tertiary/aromatic N) is 2. The molecule has 0 heterocycles. The van der Waals surface area contributed by atoms with Gasteiger partial charge in [0.05, 0.1) is 0 Å². The summed E-state index contributed by atoms with van der Waals surface area (Å²) in [4.78, 5) is 43.1. The first kappa shape index (κ1) is 29.6. The highest BCUT2D eigenvalue weighted by Gasteiger charge is 2.34. The van der Waals surface area contributed by atoms with Crippen molar-refractivity contribution < 1.29 is 14.4 Å². The molecule has 0 fully saturated rings. The summed E-state index contributed by atoms with van der Waals surface area (Å²) in [5.74, 6) is -0.874. The van der Waals surface area contributed by atoms with Crippen molar-refractivity contribution in [2.24, 2.45) is 5.73 Å². The van der Waals surface area contributed by atoms with E-state index in [1.807, 2.05) is 86.6 Å². The van der Waals surface area contributed by atoms with Gasteiger partial charge in [-0.1, -0.05) is 78.9 Å². The van der Waals surface area contributed by atoms with Gasteiger partial charge in [-0.05, 0) is 48.2 Å². The first-order valence-electron chi connectivity index (χ1n) is 13.2. The third-order valence-corrected chi connectivity index (χ3v) is 6.88. The number of carbonyl (C=O) groups is 3. The molecule has 7 heteroatoms. The van der Waals surface area contributed by atoms with Gasteiger partial charge in [-0.25, -0.2) is 0 Å². The molecule has 0 bridgehead atoms. The molecule has 0 radical (unpaired) electrons. The van der Waals surface area contributed by atoms with Crippen LogP contribution in [0.15, 0.2) is 84.9 Å². The van der Waals surface area contributed by atoms with E-state index in [4.69, 9.17) is 5.73 Å². The largest absolute Gasteiger partial charge is 0.357 e. The summed E-state index contributed by atoms with van der Waals surface area (Å²) >= 11 is 0. The van der Waals surface area contributed by atoms with Crippen molar-refractivity contribution in [3.63, 3.8) is 0 Å². The molecular weight excluding hydrogens is 488 g/mol. The van der Waals surface area contributed by atoms with Crippen LogP contribution in [0.25, 0.3) is 10.8 Å². The van der Waals surface area contributed by atoms with Crippen LogP contribution in [0.3, 0.4) is 0 Å². The molecule has 0 unspecified atom stereocenters. The third-order valence-electron chi connectivity index (χ3n) is 6.88. The van der Waals surface area contributed by atoms with Crippen molar-refractivity contribution in [1.82, 2.24) is 15.1 Å². The van der Waals surface area contributed by atoms with Gasteiger partial charge >= 0.3 is 0 Å². The number of carbonyl (C=O) groups excluding carboxylic acids is 3. The Morgan fingerprint density at radius 3 is 2.10 bits per heavy atom. The Kier molecular flexibility index (Phi) is 10.0. The first-order valence-corrected chi connectivity index (χ1v) is 13.2. The van der Waals surface area contributed by atoms with E-state index in [1.54, 1.807) is 27.2 Å². The average Bonchev–Trinajstić information content (AvgIpc) is 2.92. The molecule has 3 N–H and O–H groups in total. The predicted octanol–water partition coefficient (Wildman–Crippen LogP) is 3.71. The number of amides is 3. The highest BCUT2D eigenvalue weighted by atomic mass is 16.2. The lowest BCUT2D eigenvalue weighted by Crippen LogP contribution is -2.55. The van der Waals surface area contributed by atoms with Crippen molar-refractivity contribution in [2.75, 3.05) is 21.1 Å². The van der Waals surface area contributed by atoms with Crippen molar-refractivity contribution in [2.45, 2.75) is 50.7 Å². The number of hydrogen-bond donors (Lipinski definition) is 2. The molecule has 0 aliphatic carbocycles. The molecule has 0 spiro atoms. The minimum absolute atomic E-state index is 0.267. The number of hydrogen-bond acceptors (Lipinski definition) is 4. The Morgan fingerprint density at radius 1 is 0.846 bits per heavy atom. The third kappa shape index (κ3) is 8.26. The summed E-state index contributed by atoms with van der Waals surface area (Å²) in [7, 11) is 4.82. The van der Waals surface area contributed by atoms with Gasteiger partial charge in [0.25, 0.3) is 0 Å². The zero-order valence-electron chi connectivity index (χ0n) is 23.6. The second-order valence-corrected chi connectivity index (χ2v) is 10.7. The quantitative estimate of drug-likeness (QED) is 0.371. The molecular formula is C32H40N4O3. The van der Waals surface area contributed by atoms with Gasteiger partial charge in [0.1, 0.15) is 12.1 Å². The Hall–Kier alpha value is -3.97. The summed E-state index contributed by atoms with van der Waals surface area (Å²) in [6.45, 7) is 3.77. The minimum atomic E-state index is -0.802. The van der Waals surface area contributed by atoms with Gasteiger partial charge in [-0.2, -0.15) is 0 Å². The van der Waals surface area contributed by atoms with Gasteiger partial charge < -0.3 is 20.9 Å². The van der Waals surface area contributed by atoms with E-state index in [9.17, 15) is 14.4 Å². The number of likely N-dealkylation sites (N-methyl/N-ethyl adjacent to an activating group) is 3. The maximum Gasteiger partial charge on any atom is 0.246 e. The second-order valence-electron chi connectivity index (χ2n) is 10.7. The molecule has 0 aromatic heterocycles. The number of benzene rings is 3. The van der Waals surface area contributed by atoms with Crippen molar-refractivity contribution >= 4 is 28.5 Å². The average molecular weight is 529 g/mol. The lowest BCUT2D eigenvalue weighted by atomic mass is 9.98. The monoisotopic (exact) mass is 528 g/mol. The van der Waals surface area contributed by atoms with Gasteiger partial charge in [0.2, 0.25) is 17.7 Å². The highest BCUT2D eigenvalue weighted by Crippen LogP contribution is 2.20. The minimum Gasteiger partial charge on any atom is -0.357 e. The van der Waals surface area contributed by atoms with Gasteiger partial charge in [-0.3, -0.25) is 14.4 Å². The topological polar surface area (TPSA) is 95.7 Å². The fourth-order valence-electron chi connectivity index (χ4n) is 4.51. The maximum atomic E-state index is 14.0. The zero-order valence-corrected chi connectivity index (χ0v) is 23.6. The van der Waals surface area contributed by atoms with Gasteiger partial charge in [0.15, 0.2) is 0 Å². The van der Waals surface area contributed by atoms with E-state index in [-0.39, 0.29) is 17.7 Å². The Balaban J connectivity index is 1.89. The molecule has 3 aromatic carbocycles. The summed E-state index contributed by atoms with van der Waals surface area (Å²) in [6, 6.07) is 22.1. The Bertz CT molecular complexity index is 1310. The van der Waals surface area contributed by atoms with Gasteiger partial charge in [0, 0.05) is 39.5 Å². The van der Waals surface area contributed by atoms with E-state index in [1.165, 1.54) is 15.9 Å². The SMILES string of the molecule is CNC(=O)[C@@H](Cc1ccc2ccccc2c1)N(C)C(=O)[C@@H](Cc1ccccc1)N(C)C(=O)C=CCC(C)(C)N. The van der Waals surface area contributed by atoms with Crippen LogP contribution in [0.5, 0.6) is 0 Å². The van der Waals surface area contributed by atoms with Crippen LogP contribution in [0.4, 0.5) is 0 Å². The molecule has 2 atom stereocenters. The lowest BCUT2D eigenvalue weighted by molar-refractivity contribution is -0.146. The number of rotatable bonds is 11. The molecule has 3 aromatic rings. The molecule has 39 heavy (non-hydrogen) atoms. The Morgan fingerprint density at radius 2 is 1.46 bits per heavy atom. The van der Waals surface area contributed by atoms with E-state index >= 15 is 0 Å². The van der Waals surface area contributed by atoms with Crippen molar-refractivity contribution in [3.8, 4) is 0 Å². The molecule has 7 nitrogen and oxygen atoms in total. The molecule has 0 aliphatic rings. The number of nitrogens with two attached hydrogens (primary N) is 1. The molecule has 3 amide bonds.